The fourth-order valence-corrected chi connectivity index (χ4v) is 6.80. The molecule has 4 heterocycles. The van der Waals surface area contributed by atoms with Crippen molar-refractivity contribution in [2.24, 2.45) is 5.41 Å². The topological polar surface area (TPSA) is 117 Å². The normalized spacial score (nSPS) is 26.4. The van der Waals surface area contributed by atoms with Crippen LogP contribution in [-0.4, -0.2) is 48.9 Å². The summed E-state index contributed by atoms with van der Waals surface area (Å²) >= 11 is 0. The Balaban J connectivity index is 1.33. The lowest BCUT2D eigenvalue weighted by Crippen LogP contribution is -2.48. The Bertz CT molecular complexity index is 1810. The highest BCUT2D eigenvalue weighted by molar-refractivity contribution is 5.98. The van der Waals surface area contributed by atoms with E-state index < -0.39 is 35.4 Å². The minimum Gasteiger partial charge on any atom is -0.434 e. The molecule has 1 saturated carbocycles. The summed E-state index contributed by atoms with van der Waals surface area (Å²) < 4.78 is 48.5. The third kappa shape index (κ3) is 3.65. The predicted octanol–water partition coefficient (Wildman–Crippen LogP) is 4.71. The Morgan fingerprint density at radius 3 is 2.68 bits per heavy atom. The highest BCUT2D eigenvalue weighted by Crippen LogP contribution is 2.54. The molecule has 1 aromatic carbocycles. The average molecular weight is 561 g/mol. The highest BCUT2D eigenvalue weighted by atomic mass is 19.3. The second-order valence-electron chi connectivity index (χ2n) is 11.3. The zero-order valence-corrected chi connectivity index (χ0v) is 22.0. The fourth-order valence-electron chi connectivity index (χ4n) is 6.80. The summed E-state index contributed by atoms with van der Waals surface area (Å²) in [6, 6.07) is 7.55. The maximum atomic E-state index is 15.2. The molecule has 1 aliphatic heterocycles. The van der Waals surface area contributed by atoms with Crippen LogP contribution >= 0.6 is 0 Å². The fraction of sp³-hybridized carbons (Fsp3) is 0.345. The molecule has 1 fully saturated rings. The zero-order chi connectivity index (χ0) is 28.8. The van der Waals surface area contributed by atoms with E-state index >= 15 is 4.39 Å². The number of carbonyl (C=O) groups is 1. The molecule has 41 heavy (non-hydrogen) atoms. The summed E-state index contributed by atoms with van der Waals surface area (Å²) in [6.45, 7) is -1.36. The van der Waals surface area contributed by atoms with Gasteiger partial charge in [-0.05, 0) is 31.5 Å². The number of hydrogen-bond acceptors (Lipinski definition) is 7. The van der Waals surface area contributed by atoms with E-state index in [1.54, 1.807) is 35.5 Å². The molecular weight excluding hydrogens is 537 g/mol. The molecule has 7 rings (SSSR count). The van der Waals surface area contributed by atoms with Gasteiger partial charge in [-0.15, -0.1) is 0 Å². The average Bonchev–Trinajstić information content (AvgIpc) is 3.44. The SMILES string of the molecule is CN1C(=O)c2cccc(OC(F)F)c2C2CC1c1nc3ncc(-c4cnc(C5(O)CC(C)(C#N)C5)c(F)c4)cn3c12. The molecule has 2 atom stereocenters. The first kappa shape index (κ1) is 25.5. The van der Waals surface area contributed by atoms with Crippen LogP contribution in [0.4, 0.5) is 13.2 Å². The van der Waals surface area contributed by atoms with Crippen LogP contribution < -0.4 is 4.74 Å². The number of amides is 1. The summed E-state index contributed by atoms with van der Waals surface area (Å²) in [6.07, 6.45) is 5.30. The van der Waals surface area contributed by atoms with Crippen molar-refractivity contribution >= 4 is 11.7 Å². The number of ether oxygens (including phenoxy) is 1. The van der Waals surface area contributed by atoms with Gasteiger partial charge in [-0.3, -0.25) is 14.2 Å². The number of nitrogens with zero attached hydrogens (tertiary/aromatic N) is 6. The van der Waals surface area contributed by atoms with Crippen molar-refractivity contribution in [3.63, 3.8) is 0 Å². The molecule has 0 radical (unpaired) electrons. The largest absolute Gasteiger partial charge is 0.434 e. The Labute approximate surface area is 231 Å². The van der Waals surface area contributed by atoms with Crippen LogP contribution in [0.3, 0.4) is 0 Å². The van der Waals surface area contributed by atoms with Crippen molar-refractivity contribution < 1.29 is 27.8 Å². The van der Waals surface area contributed by atoms with Crippen molar-refractivity contribution in [3.05, 3.63) is 76.9 Å². The first-order valence-electron chi connectivity index (χ1n) is 13.0. The van der Waals surface area contributed by atoms with Crippen molar-refractivity contribution in [2.45, 2.75) is 50.4 Å². The molecular formula is C29H23F3N6O3. The van der Waals surface area contributed by atoms with Gasteiger partial charge in [0.25, 0.3) is 5.91 Å². The summed E-state index contributed by atoms with van der Waals surface area (Å²) in [5.41, 5.74) is 0.529. The van der Waals surface area contributed by atoms with Crippen LogP contribution in [0.5, 0.6) is 5.75 Å². The lowest BCUT2D eigenvalue weighted by atomic mass is 9.59. The minimum absolute atomic E-state index is 0.0694. The van der Waals surface area contributed by atoms with E-state index in [0.29, 0.717) is 40.3 Å². The molecule has 3 aromatic heterocycles. The van der Waals surface area contributed by atoms with Gasteiger partial charge in [0.2, 0.25) is 5.78 Å². The van der Waals surface area contributed by atoms with Crippen LogP contribution in [0, 0.1) is 22.6 Å². The molecule has 208 valence electrons. The number of hydrogen-bond donors (Lipinski definition) is 1. The van der Waals surface area contributed by atoms with E-state index in [1.807, 2.05) is 0 Å². The number of pyridine rings is 1. The van der Waals surface area contributed by atoms with Crippen molar-refractivity contribution in [1.29, 1.82) is 5.26 Å². The number of imidazole rings is 1. The number of benzene rings is 1. The zero-order valence-electron chi connectivity index (χ0n) is 22.0. The van der Waals surface area contributed by atoms with E-state index in [1.165, 1.54) is 30.6 Å². The summed E-state index contributed by atoms with van der Waals surface area (Å²) in [5, 5.41) is 20.1. The van der Waals surface area contributed by atoms with Gasteiger partial charge >= 0.3 is 6.61 Å². The van der Waals surface area contributed by atoms with E-state index in [4.69, 9.17) is 4.74 Å². The third-order valence-corrected chi connectivity index (χ3v) is 8.55. The lowest BCUT2D eigenvalue weighted by molar-refractivity contribution is -0.108. The lowest BCUT2D eigenvalue weighted by Gasteiger charge is -2.46. The standard InChI is InChI=1S/C29H23F3N6O3/c1-28(13-33)11-29(40,12-28)24-18(30)6-14(8-34-24)15-9-35-27-36-22-19-7-17(23(22)38(27)10-15)21-16(25(39)37(19)2)4-3-5-20(21)41-26(31)32/h3-6,8-10,17,19,26,40H,7,11-12H2,1-2H3. The van der Waals surface area contributed by atoms with Gasteiger partial charge in [0.05, 0.1) is 28.9 Å². The molecule has 9 nitrogen and oxygen atoms in total. The number of nitriles is 1. The second kappa shape index (κ2) is 8.50. The maximum Gasteiger partial charge on any atom is 0.387 e. The monoisotopic (exact) mass is 560 g/mol. The molecule has 12 heteroatoms. The molecule has 2 aliphatic carbocycles. The van der Waals surface area contributed by atoms with Gasteiger partial charge < -0.3 is 14.7 Å². The quantitative estimate of drug-likeness (QED) is 0.384. The summed E-state index contributed by atoms with van der Waals surface area (Å²) in [5.74, 6) is -1.22. The highest BCUT2D eigenvalue weighted by Gasteiger charge is 2.54. The van der Waals surface area contributed by atoms with E-state index in [0.717, 1.165) is 0 Å². The molecule has 1 amide bonds. The Morgan fingerprint density at radius 1 is 1.22 bits per heavy atom. The number of alkyl halides is 2. The molecule has 2 unspecified atom stereocenters. The van der Waals surface area contributed by atoms with Gasteiger partial charge in [0.15, 0.2) is 0 Å². The molecule has 1 N–H and O–H groups in total. The van der Waals surface area contributed by atoms with Gasteiger partial charge in [0.1, 0.15) is 22.9 Å². The number of fused-ring (bicyclic) bond motifs is 9. The molecule has 4 aromatic rings. The van der Waals surface area contributed by atoms with Crippen molar-refractivity contribution in [2.75, 3.05) is 7.05 Å². The molecule has 3 aliphatic rings. The Morgan fingerprint density at radius 2 is 1.98 bits per heavy atom. The number of aliphatic hydroxyl groups is 1. The van der Waals surface area contributed by atoms with Gasteiger partial charge in [-0.25, -0.2) is 14.4 Å². The van der Waals surface area contributed by atoms with Crippen LogP contribution in [0.15, 0.2) is 42.9 Å². The molecule has 0 spiro atoms. The summed E-state index contributed by atoms with van der Waals surface area (Å²) in [7, 11) is 1.66. The van der Waals surface area contributed by atoms with E-state index in [9.17, 15) is 23.9 Å². The predicted molar refractivity (Wildman–Crippen MR) is 137 cm³/mol. The van der Waals surface area contributed by atoms with E-state index in [-0.39, 0.29) is 35.8 Å². The van der Waals surface area contributed by atoms with Gasteiger partial charge in [-0.1, -0.05) is 6.07 Å². The third-order valence-electron chi connectivity index (χ3n) is 8.55. The smallest absolute Gasteiger partial charge is 0.387 e. The first-order chi connectivity index (χ1) is 19.5. The van der Waals surface area contributed by atoms with Gasteiger partial charge in [-0.2, -0.15) is 14.0 Å². The van der Waals surface area contributed by atoms with Gasteiger partial charge in [0, 0.05) is 66.7 Å². The number of rotatable bonds is 4. The van der Waals surface area contributed by atoms with E-state index in [2.05, 4.69) is 21.0 Å². The maximum absolute atomic E-state index is 15.2. The van der Waals surface area contributed by atoms with Crippen LogP contribution in [0.25, 0.3) is 16.9 Å². The van der Waals surface area contributed by atoms with Crippen LogP contribution in [-0.2, 0) is 5.60 Å². The minimum atomic E-state index is -3.07. The van der Waals surface area contributed by atoms with Crippen molar-refractivity contribution in [3.8, 4) is 22.9 Å². The van der Waals surface area contributed by atoms with Crippen molar-refractivity contribution in [1.82, 2.24) is 24.3 Å². The molecule has 0 saturated heterocycles. The number of halogens is 3. The number of carbonyl (C=O) groups excluding carboxylic acids is 1. The Kier molecular flexibility index (Phi) is 5.28. The Hall–Kier alpha value is -4.50. The number of aromatic nitrogens is 4. The summed E-state index contributed by atoms with van der Waals surface area (Å²) in [4.78, 5) is 28.2. The molecule has 2 bridgehead atoms. The second-order valence-corrected chi connectivity index (χ2v) is 11.3. The van der Waals surface area contributed by atoms with Crippen LogP contribution in [0.2, 0.25) is 0 Å². The first-order valence-corrected chi connectivity index (χ1v) is 13.0. The van der Waals surface area contributed by atoms with Crippen LogP contribution in [0.1, 0.15) is 71.1 Å².